The van der Waals surface area contributed by atoms with Crippen molar-refractivity contribution in [3.63, 3.8) is 0 Å². The third-order valence-corrected chi connectivity index (χ3v) is 2.84. The van der Waals surface area contributed by atoms with Crippen LogP contribution in [-0.4, -0.2) is 40.8 Å². The summed E-state index contributed by atoms with van der Waals surface area (Å²) in [6, 6.07) is 8.78. The highest BCUT2D eigenvalue weighted by Crippen LogP contribution is 2.09. The Morgan fingerprint density at radius 2 is 1.29 bits per heavy atom. The first kappa shape index (κ1) is 19.1. The number of nitriles is 2. The molecule has 0 saturated carbocycles. The van der Waals surface area contributed by atoms with Crippen molar-refractivity contribution in [1.29, 1.82) is 10.5 Å². The van der Waals surface area contributed by atoms with E-state index in [4.69, 9.17) is 10.5 Å². The second-order valence-corrected chi connectivity index (χ2v) is 7.36. The molecular formula is C12H10N4O6S2. The van der Waals surface area contributed by atoms with Gasteiger partial charge in [-0.15, -0.1) is 0 Å². The summed E-state index contributed by atoms with van der Waals surface area (Å²) < 4.78 is 52.0. The van der Waals surface area contributed by atoms with Crippen LogP contribution >= 0.6 is 0 Å². The van der Waals surface area contributed by atoms with Crippen LogP contribution in [0.4, 0.5) is 0 Å². The number of hydrogen-bond acceptors (Lipinski definition) is 10. The van der Waals surface area contributed by atoms with Crippen molar-refractivity contribution < 1.29 is 25.4 Å². The second kappa shape index (κ2) is 7.54. The lowest BCUT2D eigenvalue weighted by molar-refractivity contribution is 0.343. The molecule has 0 aliphatic carbocycles. The number of benzene rings is 1. The molecule has 12 heteroatoms. The minimum Gasteiger partial charge on any atom is -0.267 e. The Morgan fingerprint density at radius 1 is 0.917 bits per heavy atom. The van der Waals surface area contributed by atoms with Crippen LogP contribution in [0.3, 0.4) is 0 Å². The lowest BCUT2D eigenvalue weighted by Gasteiger charge is -2.02. The summed E-state index contributed by atoms with van der Waals surface area (Å²) in [5.41, 5.74) is -0.492. The van der Waals surface area contributed by atoms with Gasteiger partial charge in [0, 0.05) is 11.1 Å². The van der Waals surface area contributed by atoms with Gasteiger partial charge in [-0.3, -0.25) is 8.57 Å². The van der Waals surface area contributed by atoms with E-state index in [-0.39, 0.29) is 22.6 Å². The molecule has 0 N–H and O–H groups in total. The molecule has 0 aliphatic rings. The molecule has 0 radical (unpaired) electrons. The maximum Gasteiger partial charge on any atom is 0.325 e. The summed E-state index contributed by atoms with van der Waals surface area (Å²) in [4.78, 5) is 0. The predicted octanol–water partition coefficient (Wildman–Crippen LogP) is 0.0944. The fourth-order valence-corrected chi connectivity index (χ4v) is 1.72. The minimum atomic E-state index is -3.89. The van der Waals surface area contributed by atoms with Crippen molar-refractivity contribution in [2.24, 2.45) is 10.3 Å². The standard InChI is InChI=1S/C12H10N4O6S2/c1-23(17,18)21-15-11(7-13)9-4-3-5-10(6-9)12(8-14)16-22-24(2,19)20/h3-6H,1-2H3. The van der Waals surface area contributed by atoms with Gasteiger partial charge in [0.05, 0.1) is 12.5 Å². The Labute approximate surface area is 138 Å². The fourth-order valence-electron chi connectivity index (χ4n) is 1.30. The SMILES string of the molecule is CS(=O)(=O)ON=C(C#N)c1cccc(C(C#N)=NOS(C)(=O)=O)c1. The highest BCUT2D eigenvalue weighted by Gasteiger charge is 2.11. The largest absolute Gasteiger partial charge is 0.325 e. The summed E-state index contributed by atoms with van der Waals surface area (Å²) in [5, 5.41) is 24.5. The molecule has 0 unspecified atom stereocenters. The molecule has 0 spiro atoms. The lowest BCUT2D eigenvalue weighted by atomic mass is 10.0. The van der Waals surface area contributed by atoms with Gasteiger partial charge in [0.15, 0.2) is 11.4 Å². The average Bonchev–Trinajstić information content (AvgIpc) is 2.47. The molecule has 0 atom stereocenters. The number of hydrogen-bond donors (Lipinski definition) is 0. The van der Waals surface area contributed by atoms with E-state index in [2.05, 4.69) is 18.9 Å². The Kier molecular flexibility index (Phi) is 6.00. The Bertz CT molecular complexity index is 904. The molecule has 0 saturated heterocycles. The molecule has 126 valence electrons. The second-order valence-electron chi connectivity index (χ2n) is 4.24. The van der Waals surface area contributed by atoms with Crippen molar-refractivity contribution in [1.82, 2.24) is 0 Å². The molecule has 0 aliphatic heterocycles. The molecule has 0 amide bonds. The molecule has 0 bridgehead atoms. The molecule has 0 heterocycles. The van der Waals surface area contributed by atoms with Crippen LogP contribution in [-0.2, 0) is 28.8 Å². The molecule has 1 rings (SSSR count). The topological polar surface area (TPSA) is 159 Å². The van der Waals surface area contributed by atoms with E-state index in [1.165, 1.54) is 24.3 Å². The Balaban J connectivity index is 3.26. The van der Waals surface area contributed by atoms with Crippen molar-refractivity contribution in [2.45, 2.75) is 0 Å². The van der Waals surface area contributed by atoms with Gasteiger partial charge in [0.1, 0.15) is 12.1 Å². The first-order valence-electron chi connectivity index (χ1n) is 5.90. The molecular weight excluding hydrogens is 360 g/mol. The zero-order valence-corrected chi connectivity index (χ0v) is 14.0. The monoisotopic (exact) mass is 370 g/mol. The van der Waals surface area contributed by atoms with Crippen LogP contribution in [0.1, 0.15) is 11.1 Å². The number of oxime groups is 2. The molecule has 10 nitrogen and oxygen atoms in total. The summed E-state index contributed by atoms with van der Waals surface area (Å²) >= 11 is 0. The summed E-state index contributed by atoms with van der Waals surface area (Å²) in [6.07, 6.45) is 1.51. The first-order valence-corrected chi connectivity index (χ1v) is 9.53. The van der Waals surface area contributed by atoms with Crippen molar-refractivity contribution in [2.75, 3.05) is 12.5 Å². The highest BCUT2D eigenvalue weighted by atomic mass is 32.2. The highest BCUT2D eigenvalue weighted by molar-refractivity contribution is 7.86. The van der Waals surface area contributed by atoms with E-state index in [9.17, 15) is 16.8 Å². The molecule has 24 heavy (non-hydrogen) atoms. The minimum absolute atomic E-state index is 0.126. The summed E-state index contributed by atoms with van der Waals surface area (Å²) in [5.74, 6) is 0. The van der Waals surface area contributed by atoms with Crippen LogP contribution in [0.2, 0.25) is 0 Å². The molecule has 1 aromatic carbocycles. The van der Waals surface area contributed by atoms with Gasteiger partial charge in [0.25, 0.3) is 0 Å². The van der Waals surface area contributed by atoms with Gasteiger partial charge in [-0.1, -0.05) is 28.5 Å². The van der Waals surface area contributed by atoms with Gasteiger partial charge in [0.2, 0.25) is 0 Å². The zero-order valence-electron chi connectivity index (χ0n) is 12.4. The van der Waals surface area contributed by atoms with E-state index >= 15 is 0 Å². The van der Waals surface area contributed by atoms with Gasteiger partial charge in [-0.2, -0.15) is 27.4 Å². The number of nitrogens with zero attached hydrogens (tertiary/aromatic N) is 4. The lowest BCUT2D eigenvalue weighted by Crippen LogP contribution is -2.06. The van der Waals surface area contributed by atoms with Crippen molar-refractivity contribution >= 4 is 31.7 Å². The normalized spacial score (nSPS) is 12.8. The van der Waals surface area contributed by atoms with Crippen LogP contribution < -0.4 is 0 Å². The maximum absolute atomic E-state index is 10.9. The van der Waals surface area contributed by atoms with Gasteiger partial charge in [-0.05, 0) is 6.07 Å². The Hall–Kier alpha value is -2.96. The summed E-state index contributed by atoms with van der Waals surface area (Å²) in [6.45, 7) is 0. The van der Waals surface area contributed by atoms with E-state index in [1.807, 2.05) is 0 Å². The van der Waals surface area contributed by atoms with Crippen LogP contribution in [0.25, 0.3) is 0 Å². The van der Waals surface area contributed by atoms with Gasteiger partial charge in [-0.25, -0.2) is 0 Å². The number of rotatable bonds is 6. The van der Waals surface area contributed by atoms with Crippen LogP contribution in [0.15, 0.2) is 34.6 Å². The smallest absolute Gasteiger partial charge is 0.267 e. The fraction of sp³-hybridized carbons (Fsp3) is 0.167. The third-order valence-electron chi connectivity index (χ3n) is 2.15. The predicted molar refractivity (Wildman–Crippen MR) is 82.6 cm³/mol. The Morgan fingerprint density at radius 3 is 1.58 bits per heavy atom. The van der Waals surface area contributed by atoms with Crippen molar-refractivity contribution in [3.8, 4) is 12.1 Å². The molecule has 0 aromatic heterocycles. The van der Waals surface area contributed by atoms with E-state index < -0.39 is 20.2 Å². The van der Waals surface area contributed by atoms with E-state index in [1.54, 1.807) is 12.1 Å². The van der Waals surface area contributed by atoms with E-state index in [0.717, 1.165) is 12.5 Å². The zero-order chi connectivity index (χ0) is 18.4. The van der Waals surface area contributed by atoms with E-state index in [0.29, 0.717) is 0 Å². The first-order chi connectivity index (χ1) is 11.1. The average molecular weight is 370 g/mol. The van der Waals surface area contributed by atoms with Crippen LogP contribution in [0, 0.1) is 22.7 Å². The maximum atomic E-state index is 10.9. The third kappa shape index (κ3) is 6.43. The van der Waals surface area contributed by atoms with Gasteiger partial charge < -0.3 is 0 Å². The van der Waals surface area contributed by atoms with Crippen molar-refractivity contribution in [3.05, 3.63) is 35.4 Å². The van der Waals surface area contributed by atoms with Crippen LogP contribution in [0.5, 0.6) is 0 Å². The summed E-state index contributed by atoms with van der Waals surface area (Å²) in [7, 11) is -7.79. The quantitative estimate of drug-likeness (QED) is 0.503. The molecule has 1 aromatic rings. The molecule has 0 fully saturated rings. The van der Waals surface area contributed by atoms with Gasteiger partial charge >= 0.3 is 20.2 Å².